The molecule has 0 unspecified atom stereocenters. The number of hydrogen-bond acceptors (Lipinski definition) is 4. The minimum absolute atomic E-state index is 0.246. The molecule has 0 fully saturated rings. The number of anilines is 1. The number of para-hydroxylation sites is 1. The topological polar surface area (TPSA) is 65.2 Å². The molecule has 19 heavy (non-hydrogen) atoms. The molecule has 0 radical (unpaired) electrons. The van der Waals surface area contributed by atoms with Crippen LogP contribution in [0.4, 0.5) is 5.69 Å². The van der Waals surface area contributed by atoms with E-state index in [1.165, 1.54) is 0 Å². The predicted octanol–water partition coefficient (Wildman–Crippen LogP) is 2.72. The zero-order chi connectivity index (χ0) is 13.7. The van der Waals surface area contributed by atoms with E-state index in [-0.39, 0.29) is 12.3 Å². The van der Waals surface area contributed by atoms with Crippen LogP contribution >= 0.6 is 11.6 Å². The van der Waals surface area contributed by atoms with Gasteiger partial charge >= 0.3 is 5.97 Å². The van der Waals surface area contributed by atoms with Gasteiger partial charge in [-0.2, -0.15) is 0 Å². The number of ether oxygens (including phenoxy) is 1. The third-order valence-electron chi connectivity index (χ3n) is 2.62. The molecule has 0 saturated carbocycles. The number of esters is 1. The van der Waals surface area contributed by atoms with Crippen molar-refractivity contribution in [1.29, 1.82) is 0 Å². The van der Waals surface area contributed by atoms with E-state index >= 15 is 0 Å². The highest BCUT2D eigenvalue weighted by atomic mass is 35.5. The standard InChI is InChI=1S/C14H13ClN2O2/c15-12-5-1-4-11(13(12)16)14(18)19-8-6-10-3-2-7-17-9-10/h1-5,7,9H,6,8,16H2. The number of nitrogens with two attached hydrogens (primary N) is 1. The van der Waals surface area contributed by atoms with Gasteiger partial charge in [0.1, 0.15) is 0 Å². The maximum atomic E-state index is 11.8. The smallest absolute Gasteiger partial charge is 0.340 e. The fourth-order valence-electron chi connectivity index (χ4n) is 1.60. The molecule has 1 aromatic heterocycles. The highest BCUT2D eigenvalue weighted by Gasteiger charge is 2.12. The first-order valence-electron chi connectivity index (χ1n) is 5.78. The number of pyridine rings is 1. The van der Waals surface area contributed by atoms with Gasteiger partial charge in [-0.15, -0.1) is 0 Å². The van der Waals surface area contributed by atoms with Gasteiger partial charge in [0.15, 0.2) is 0 Å². The quantitative estimate of drug-likeness (QED) is 0.689. The summed E-state index contributed by atoms with van der Waals surface area (Å²) in [6, 6.07) is 8.65. The summed E-state index contributed by atoms with van der Waals surface area (Å²) >= 11 is 5.85. The molecule has 0 bridgehead atoms. The molecule has 4 nitrogen and oxygen atoms in total. The Balaban J connectivity index is 1.93. The Morgan fingerprint density at radius 1 is 1.32 bits per heavy atom. The molecule has 0 aliphatic carbocycles. The number of carbonyl (C=O) groups excluding carboxylic acids is 1. The van der Waals surface area contributed by atoms with E-state index in [0.29, 0.717) is 17.0 Å². The lowest BCUT2D eigenvalue weighted by Gasteiger charge is -2.07. The van der Waals surface area contributed by atoms with Crippen molar-refractivity contribution in [3.05, 3.63) is 58.9 Å². The number of aromatic nitrogens is 1. The minimum Gasteiger partial charge on any atom is -0.462 e. The van der Waals surface area contributed by atoms with E-state index in [9.17, 15) is 4.79 Å². The van der Waals surface area contributed by atoms with Crippen molar-refractivity contribution in [3.8, 4) is 0 Å². The van der Waals surface area contributed by atoms with E-state index < -0.39 is 5.97 Å². The molecule has 2 N–H and O–H groups in total. The van der Waals surface area contributed by atoms with Crippen LogP contribution in [0.25, 0.3) is 0 Å². The summed E-state index contributed by atoms with van der Waals surface area (Å²) in [5, 5.41) is 0.349. The molecular formula is C14H13ClN2O2. The van der Waals surface area contributed by atoms with Crippen molar-refractivity contribution in [1.82, 2.24) is 4.98 Å². The third-order valence-corrected chi connectivity index (χ3v) is 2.95. The van der Waals surface area contributed by atoms with Crippen LogP contribution in [0.1, 0.15) is 15.9 Å². The van der Waals surface area contributed by atoms with Crippen molar-refractivity contribution < 1.29 is 9.53 Å². The number of carbonyl (C=O) groups is 1. The first-order chi connectivity index (χ1) is 9.18. The Bertz CT molecular complexity index is 573. The van der Waals surface area contributed by atoms with Crippen LogP contribution in [0.5, 0.6) is 0 Å². The second-order valence-electron chi connectivity index (χ2n) is 3.95. The number of hydrogen-bond donors (Lipinski definition) is 1. The van der Waals surface area contributed by atoms with Gasteiger partial charge in [0.2, 0.25) is 0 Å². The summed E-state index contributed by atoms with van der Waals surface area (Å²) < 4.78 is 5.16. The minimum atomic E-state index is -0.469. The van der Waals surface area contributed by atoms with E-state index in [1.54, 1.807) is 30.6 Å². The first kappa shape index (κ1) is 13.4. The fraction of sp³-hybridized carbons (Fsp3) is 0.143. The van der Waals surface area contributed by atoms with Crippen molar-refractivity contribution in [3.63, 3.8) is 0 Å². The van der Waals surface area contributed by atoms with Gasteiger partial charge in [0.25, 0.3) is 0 Å². The summed E-state index contributed by atoms with van der Waals surface area (Å²) in [5.41, 5.74) is 7.27. The zero-order valence-electron chi connectivity index (χ0n) is 10.2. The fourth-order valence-corrected chi connectivity index (χ4v) is 1.77. The third kappa shape index (κ3) is 3.45. The molecule has 1 heterocycles. The summed E-state index contributed by atoms with van der Waals surface area (Å²) in [4.78, 5) is 15.8. The van der Waals surface area contributed by atoms with Crippen molar-refractivity contribution in [2.24, 2.45) is 0 Å². The van der Waals surface area contributed by atoms with Gasteiger partial charge in [0.05, 0.1) is 22.9 Å². The van der Waals surface area contributed by atoms with E-state index in [2.05, 4.69) is 4.98 Å². The second-order valence-corrected chi connectivity index (χ2v) is 4.36. The van der Waals surface area contributed by atoms with Crippen molar-refractivity contribution in [2.75, 3.05) is 12.3 Å². The van der Waals surface area contributed by atoms with E-state index in [0.717, 1.165) is 5.56 Å². The van der Waals surface area contributed by atoms with Crippen LogP contribution < -0.4 is 5.73 Å². The SMILES string of the molecule is Nc1c(Cl)cccc1C(=O)OCCc1cccnc1. The van der Waals surface area contributed by atoms with Crippen LogP contribution in [-0.2, 0) is 11.2 Å². The first-order valence-corrected chi connectivity index (χ1v) is 6.16. The molecule has 98 valence electrons. The molecule has 0 saturated heterocycles. The molecule has 5 heteroatoms. The summed E-state index contributed by atoms with van der Waals surface area (Å²) in [5.74, 6) is -0.469. The molecule has 0 spiro atoms. The van der Waals surface area contributed by atoms with E-state index in [1.807, 2.05) is 12.1 Å². The van der Waals surface area contributed by atoms with Crippen LogP contribution in [0.3, 0.4) is 0 Å². The molecule has 0 aliphatic heterocycles. The van der Waals surface area contributed by atoms with Crippen LogP contribution in [0.15, 0.2) is 42.7 Å². The molecule has 0 aliphatic rings. The lowest BCUT2D eigenvalue weighted by molar-refractivity contribution is 0.0510. The highest BCUT2D eigenvalue weighted by molar-refractivity contribution is 6.33. The molecule has 2 aromatic rings. The summed E-state index contributed by atoms with van der Waals surface area (Å²) in [6.45, 7) is 0.274. The van der Waals surface area contributed by atoms with Crippen LogP contribution in [0, 0.1) is 0 Å². The Morgan fingerprint density at radius 3 is 2.89 bits per heavy atom. The number of benzene rings is 1. The molecule has 0 amide bonds. The Labute approximate surface area is 116 Å². The maximum Gasteiger partial charge on any atom is 0.340 e. The number of nitrogens with zero attached hydrogens (tertiary/aromatic N) is 1. The second kappa shape index (κ2) is 6.20. The number of nitrogen functional groups attached to an aromatic ring is 1. The molecule has 2 rings (SSSR count). The normalized spacial score (nSPS) is 10.2. The maximum absolute atomic E-state index is 11.8. The Morgan fingerprint density at radius 2 is 2.16 bits per heavy atom. The average molecular weight is 277 g/mol. The van der Waals surface area contributed by atoms with Gasteiger partial charge in [-0.25, -0.2) is 4.79 Å². The summed E-state index contributed by atoms with van der Waals surface area (Å²) in [6.07, 6.45) is 4.05. The largest absolute Gasteiger partial charge is 0.462 e. The van der Waals surface area contributed by atoms with Gasteiger partial charge < -0.3 is 10.5 Å². The highest BCUT2D eigenvalue weighted by Crippen LogP contribution is 2.22. The molecule has 0 atom stereocenters. The van der Waals surface area contributed by atoms with E-state index in [4.69, 9.17) is 22.1 Å². The Kier molecular flexibility index (Phi) is 4.36. The molecular weight excluding hydrogens is 264 g/mol. The number of halogens is 1. The van der Waals surface area contributed by atoms with Crippen molar-refractivity contribution >= 4 is 23.3 Å². The predicted molar refractivity (Wildman–Crippen MR) is 74.1 cm³/mol. The lowest BCUT2D eigenvalue weighted by Crippen LogP contribution is -2.10. The van der Waals surface area contributed by atoms with Crippen molar-refractivity contribution in [2.45, 2.75) is 6.42 Å². The number of rotatable bonds is 4. The van der Waals surface area contributed by atoms with Gasteiger partial charge in [-0.05, 0) is 23.8 Å². The van der Waals surface area contributed by atoms with Crippen LogP contribution in [0.2, 0.25) is 5.02 Å². The van der Waals surface area contributed by atoms with Gasteiger partial charge in [-0.3, -0.25) is 4.98 Å². The zero-order valence-corrected chi connectivity index (χ0v) is 10.9. The lowest BCUT2D eigenvalue weighted by atomic mass is 10.2. The molecule has 1 aromatic carbocycles. The average Bonchev–Trinajstić information content (AvgIpc) is 2.43. The summed E-state index contributed by atoms with van der Waals surface area (Å²) in [7, 11) is 0. The Hall–Kier alpha value is -2.07. The monoisotopic (exact) mass is 276 g/mol. The van der Waals surface area contributed by atoms with Gasteiger partial charge in [0, 0.05) is 18.8 Å². The van der Waals surface area contributed by atoms with Crippen LogP contribution in [-0.4, -0.2) is 17.6 Å². The van der Waals surface area contributed by atoms with Gasteiger partial charge in [-0.1, -0.05) is 23.7 Å².